The van der Waals surface area contributed by atoms with Crippen molar-refractivity contribution in [2.75, 3.05) is 44.3 Å². The van der Waals surface area contributed by atoms with E-state index in [9.17, 15) is 4.79 Å². The Hall–Kier alpha value is -3.18. The topological polar surface area (TPSA) is 91.6 Å². The Morgan fingerprint density at radius 2 is 1.90 bits per heavy atom. The highest BCUT2D eigenvalue weighted by Crippen LogP contribution is 2.22. The van der Waals surface area contributed by atoms with Crippen LogP contribution in [-0.4, -0.2) is 66.3 Å². The molecule has 4 rings (SSSR count). The van der Waals surface area contributed by atoms with E-state index in [1.807, 2.05) is 30.3 Å². The van der Waals surface area contributed by atoms with Gasteiger partial charge in [-0.25, -0.2) is 9.97 Å². The van der Waals surface area contributed by atoms with E-state index < -0.39 is 0 Å². The molecule has 0 bridgehead atoms. The van der Waals surface area contributed by atoms with Crippen molar-refractivity contribution >= 4 is 11.6 Å². The molecular weight excluding hydrogens is 370 g/mol. The molecule has 0 aliphatic carbocycles. The third kappa shape index (κ3) is 4.46. The molecule has 1 amide bonds. The maximum atomic E-state index is 13.0. The van der Waals surface area contributed by atoms with Crippen molar-refractivity contribution in [3.63, 3.8) is 0 Å². The number of hydrogen-bond acceptors (Lipinski definition) is 7. The van der Waals surface area contributed by atoms with Gasteiger partial charge in [0.25, 0.3) is 11.8 Å². The van der Waals surface area contributed by atoms with E-state index in [-0.39, 0.29) is 23.6 Å². The van der Waals surface area contributed by atoms with Crippen LogP contribution in [0, 0.1) is 11.3 Å². The van der Waals surface area contributed by atoms with Gasteiger partial charge in [-0.15, -0.1) is 0 Å². The van der Waals surface area contributed by atoms with E-state index >= 15 is 0 Å². The first-order valence-electron chi connectivity index (χ1n) is 9.84. The van der Waals surface area contributed by atoms with Crippen LogP contribution in [0.5, 0.6) is 5.88 Å². The summed E-state index contributed by atoms with van der Waals surface area (Å²) in [5.41, 5.74) is 1.94. The van der Waals surface area contributed by atoms with Crippen molar-refractivity contribution < 1.29 is 14.3 Å². The second-order valence-corrected chi connectivity index (χ2v) is 7.10. The monoisotopic (exact) mass is 393 g/mol. The van der Waals surface area contributed by atoms with Crippen LogP contribution >= 0.6 is 0 Å². The average molecular weight is 393 g/mol. The molecule has 8 heteroatoms. The molecule has 2 aliphatic rings. The van der Waals surface area contributed by atoms with Gasteiger partial charge in [0.1, 0.15) is 12.2 Å². The quantitative estimate of drug-likeness (QED) is 0.783. The molecule has 0 N–H and O–H groups in total. The molecule has 1 aromatic carbocycles. The number of ether oxygens (including phenoxy) is 2. The minimum Gasteiger partial charge on any atom is -0.470 e. The molecule has 1 aromatic heterocycles. The van der Waals surface area contributed by atoms with Crippen LogP contribution in [0.1, 0.15) is 28.9 Å². The van der Waals surface area contributed by atoms with E-state index in [0.29, 0.717) is 18.7 Å². The number of hydrogen-bond donors (Lipinski definition) is 0. The minimum absolute atomic E-state index is 0.00789. The molecule has 150 valence electrons. The van der Waals surface area contributed by atoms with Gasteiger partial charge in [0.2, 0.25) is 5.69 Å². The Morgan fingerprint density at radius 1 is 1.14 bits per heavy atom. The van der Waals surface area contributed by atoms with Gasteiger partial charge in [-0.1, -0.05) is 0 Å². The number of rotatable bonds is 4. The number of nitrogens with zero attached hydrogens (tertiary/aromatic N) is 5. The van der Waals surface area contributed by atoms with E-state index in [4.69, 9.17) is 14.7 Å². The van der Waals surface area contributed by atoms with Crippen molar-refractivity contribution in [3.8, 4) is 11.9 Å². The number of likely N-dealkylation sites (tertiary alicyclic amines) is 1. The number of benzene rings is 1. The average Bonchev–Trinajstić information content (AvgIpc) is 2.80. The number of carbonyl (C=O) groups excluding carboxylic acids is 1. The van der Waals surface area contributed by atoms with Crippen molar-refractivity contribution in [3.05, 3.63) is 47.9 Å². The number of morpholine rings is 1. The highest BCUT2D eigenvalue weighted by atomic mass is 16.5. The molecule has 2 saturated heterocycles. The lowest BCUT2D eigenvalue weighted by Crippen LogP contribution is -2.44. The Balaban J connectivity index is 1.40. The lowest BCUT2D eigenvalue weighted by atomic mass is 10.1. The van der Waals surface area contributed by atoms with Gasteiger partial charge in [0.05, 0.1) is 19.8 Å². The zero-order valence-electron chi connectivity index (χ0n) is 16.2. The standard InChI is InChI=1S/C21H23N5O3/c22-14-19-20(24-8-7-23-19)29-18-2-1-9-26(15-18)21(27)16-3-5-17(6-4-16)25-10-12-28-13-11-25/h3-8,18H,1-2,9-13,15H2. The molecule has 2 aliphatic heterocycles. The molecule has 29 heavy (non-hydrogen) atoms. The Kier molecular flexibility index (Phi) is 5.86. The summed E-state index contributed by atoms with van der Waals surface area (Å²) in [6.45, 7) is 4.35. The highest BCUT2D eigenvalue weighted by Gasteiger charge is 2.27. The third-order valence-electron chi connectivity index (χ3n) is 5.20. The molecule has 2 fully saturated rings. The van der Waals surface area contributed by atoms with Gasteiger partial charge in [0, 0.05) is 43.3 Å². The fourth-order valence-corrected chi connectivity index (χ4v) is 3.68. The van der Waals surface area contributed by atoms with Crippen LogP contribution in [0.15, 0.2) is 36.7 Å². The van der Waals surface area contributed by atoms with Crippen LogP contribution < -0.4 is 9.64 Å². The van der Waals surface area contributed by atoms with E-state index in [1.165, 1.54) is 12.4 Å². The SMILES string of the molecule is N#Cc1nccnc1OC1CCCN(C(=O)c2ccc(N3CCOCC3)cc2)C1. The summed E-state index contributed by atoms with van der Waals surface area (Å²) < 4.78 is 11.3. The fourth-order valence-electron chi connectivity index (χ4n) is 3.68. The number of aromatic nitrogens is 2. The lowest BCUT2D eigenvalue weighted by molar-refractivity contribution is 0.0526. The first-order chi connectivity index (χ1) is 14.2. The molecule has 1 unspecified atom stereocenters. The van der Waals surface area contributed by atoms with Crippen molar-refractivity contribution in [2.24, 2.45) is 0 Å². The lowest BCUT2D eigenvalue weighted by Gasteiger charge is -2.33. The van der Waals surface area contributed by atoms with Gasteiger partial charge in [-0.2, -0.15) is 5.26 Å². The van der Waals surface area contributed by atoms with Gasteiger partial charge < -0.3 is 19.3 Å². The van der Waals surface area contributed by atoms with Crippen LogP contribution in [0.2, 0.25) is 0 Å². The number of nitriles is 1. The van der Waals surface area contributed by atoms with Crippen LogP contribution in [0.3, 0.4) is 0 Å². The van der Waals surface area contributed by atoms with Gasteiger partial charge >= 0.3 is 0 Å². The van der Waals surface area contributed by atoms with Crippen LogP contribution in [0.25, 0.3) is 0 Å². The Morgan fingerprint density at radius 3 is 2.66 bits per heavy atom. The third-order valence-corrected chi connectivity index (χ3v) is 5.20. The van der Waals surface area contributed by atoms with Gasteiger partial charge in [-0.05, 0) is 37.1 Å². The summed E-state index contributed by atoms with van der Waals surface area (Å²) in [7, 11) is 0. The molecule has 1 atom stereocenters. The normalized spacial score (nSPS) is 19.5. The smallest absolute Gasteiger partial charge is 0.253 e. The van der Waals surface area contributed by atoms with E-state index in [0.717, 1.165) is 44.8 Å². The molecule has 0 saturated carbocycles. The minimum atomic E-state index is -0.205. The number of piperidine rings is 1. The largest absolute Gasteiger partial charge is 0.470 e. The van der Waals surface area contributed by atoms with Crippen molar-refractivity contribution in [1.82, 2.24) is 14.9 Å². The second kappa shape index (κ2) is 8.88. The van der Waals surface area contributed by atoms with Gasteiger partial charge in [0.15, 0.2) is 0 Å². The predicted octanol–water partition coefficient (Wildman–Crippen LogP) is 1.87. The maximum absolute atomic E-state index is 13.0. The molecular formula is C21H23N5O3. The van der Waals surface area contributed by atoms with Crippen molar-refractivity contribution in [2.45, 2.75) is 18.9 Å². The Labute approximate surface area is 169 Å². The summed E-state index contributed by atoms with van der Waals surface area (Å²) in [6, 6.07) is 9.74. The first kappa shape index (κ1) is 19.2. The molecule has 0 spiro atoms. The second-order valence-electron chi connectivity index (χ2n) is 7.10. The zero-order chi connectivity index (χ0) is 20.1. The number of amides is 1. The van der Waals surface area contributed by atoms with Gasteiger partial charge in [-0.3, -0.25) is 4.79 Å². The van der Waals surface area contributed by atoms with Crippen molar-refractivity contribution in [1.29, 1.82) is 5.26 Å². The summed E-state index contributed by atoms with van der Waals surface area (Å²) in [5, 5.41) is 9.15. The summed E-state index contributed by atoms with van der Waals surface area (Å²) in [4.78, 5) is 25.1. The maximum Gasteiger partial charge on any atom is 0.253 e. The van der Waals surface area contributed by atoms with Crippen LogP contribution in [0.4, 0.5) is 5.69 Å². The molecule has 8 nitrogen and oxygen atoms in total. The summed E-state index contributed by atoms with van der Waals surface area (Å²) >= 11 is 0. The van der Waals surface area contributed by atoms with Crippen LogP contribution in [-0.2, 0) is 4.74 Å². The molecule has 3 heterocycles. The number of anilines is 1. The summed E-state index contributed by atoms with van der Waals surface area (Å²) in [5.74, 6) is 0.218. The molecule has 2 aromatic rings. The number of carbonyl (C=O) groups is 1. The summed E-state index contributed by atoms with van der Waals surface area (Å²) in [6.07, 6.45) is 4.40. The highest BCUT2D eigenvalue weighted by molar-refractivity contribution is 5.94. The van der Waals surface area contributed by atoms with E-state index in [1.54, 1.807) is 4.90 Å². The first-order valence-corrected chi connectivity index (χ1v) is 9.84. The fraction of sp³-hybridized carbons (Fsp3) is 0.429. The molecule has 0 radical (unpaired) electrons. The Bertz CT molecular complexity index is 890. The predicted molar refractivity (Wildman–Crippen MR) is 106 cm³/mol. The van der Waals surface area contributed by atoms with E-state index in [2.05, 4.69) is 14.9 Å². The zero-order valence-corrected chi connectivity index (χ0v) is 16.2.